The molecule has 0 atom stereocenters. The normalized spacial score (nSPS) is 11.6. The molecule has 11 aromatic rings. The van der Waals surface area contributed by atoms with E-state index in [0.717, 1.165) is 33.0 Å². The van der Waals surface area contributed by atoms with E-state index < -0.39 is 0 Å². The largest absolute Gasteiger partial charge is 0.208 e. The summed E-state index contributed by atoms with van der Waals surface area (Å²) in [6, 6.07) is 71.3. The van der Waals surface area contributed by atoms with E-state index in [9.17, 15) is 0 Å². The summed E-state index contributed by atoms with van der Waals surface area (Å²) >= 11 is 0. The highest BCUT2D eigenvalue weighted by Gasteiger charge is 2.20. The summed E-state index contributed by atoms with van der Waals surface area (Å²) in [5.41, 5.74) is 7.63. The predicted octanol–water partition coefficient (Wildman–Crippen LogP) is 14.0. The monoisotopic (exact) mass is 711 g/mol. The molecule has 0 saturated heterocycles. The molecule has 0 N–H and O–H groups in total. The maximum atomic E-state index is 5.14. The van der Waals surface area contributed by atoms with E-state index >= 15 is 0 Å². The highest BCUT2D eigenvalue weighted by Crippen LogP contribution is 2.46. The van der Waals surface area contributed by atoms with Gasteiger partial charge in [0.2, 0.25) is 0 Å². The smallest absolute Gasteiger partial charge is 0.164 e. The fourth-order valence-corrected chi connectivity index (χ4v) is 8.54. The van der Waals surface area contributed by atoms with E-state index in [1.807, 2.05) is 36.4 Å². The second kappa shape index (κ2) is 13.1. The minimum atomic E-state index is 0.645. The maximum Gasteiger partial charge on any atom is 0.164 e. The highest BCUT2D eigenvalue weighted by molar-refractivity contribution is 6.30. The minimum absolute atomic E-state index is 0.645. The van der Waals surface area contributed by atoms with Crippen LogP contribution in [0.25, 0.3) is 110 Å². The summed E-state index contributed by atoms with van der Waals surface area (Å²) in [5, 5.41) is 12.2. The van der Waals surface area contributed by atoms with Crippen LogP contribution in [0.3, 0.4) is 0 Å². The van der Waals surface area contributed by atoms with E-state index in [0.29, 0.717) is 17.5 Å². The Morgan fingerprint density at radius 2 is 0.696 bits per heavy atom. The van der Waals surface area contributed by atoms with Crippen molar-refractivity contribution >= 4 is 53.9 Å². The van der Waals surface area contributed by atoms with Crippen LogP contribution < -0.4 is 0 Å². The van der Waals surface area contributed by atoms with E-state index in [2.05, 4.69) is 164 Å². The second-order valence-electron chi connectivity index (χ2n) is 14.3. The first kappa shape index (κ1) is 32.0. The quantitative estimate of drug-likeness (QED) is 0.167. The van der Waals surface area contributed by atoms with Gasteiger partial charge in [0.05, 0.1) is 0 Å². The molecule has 1 aromatic heterocycles. The lowest BCUT2D eigenvalue weighted by Gasteiger charge is -2.19. The van der Waals surface area contributed by atoms with Gasteiger partial charge in [-0.1, -0.05) is 182 Å². The number of fused-ring (bicyclic) bond motifs is 8. The van der Waals surface area contributed by atoms with E-state index in [-0.39, 0.29) is 0 Å². The third kappa shape index (κ3) is 5.25. The Balaban J connectivity index is 1.22. The van der Waals surface area contributed by atoms with Crippen molar-refractivity contribution in [3.05, 3.63) is 200 Å². The Kier molecular flexibility index (Phi) is 7.49. The zero-order chi connectivity index (χ0) is 37.0. The molecule has 260 valence electrons. The molecule has 10 aromatic carbocycles. The Labute approximate surface area is 324 Å². The molecule has 56 heavy (non-hydrogen) atoms. The van der Waals surface area contributed by atoms with Crippen LogP contribution in [-0.4, -0.2) is 15.0 Å². The number of aromatic nitrogens is 3. The summed E-state index contributed by atoms with van der Waals surface area (Å²) < 4.78 is 0. The molecule has 0 spiro atoms. The Morgan fingerprint density at radius 1 is 0.232 bits per heavy atom. The molecular weight excluding hydrogens is 679 g/mol. The molecule has 0 fully saturated rings. The average molecular weight is 712 g/mol. The van der Waals surface area contributed by atoms with Gasteiger partial charge in [-0.15, -0.1) is 0 Å². The van der Waals surface area contributed by atoms with Crippen molar-refractivity contribution < 1.29 is 0 Å². The van der Waals surface area contributed by atoms with Gasteiger partial charge in [0.15, 0.2) is 17.5 Å². The number of nitrogens with zero attached hydrogens (tertiary/aromatic N) is 3. The van der Waals surface area contributed by atoms with Gasteiger partial charge in [0.25, 0.3) is 0 Å². The molecule has 0 aliphatic rings. The van der Waals surface area contributed by atoms with Crippen LogP contribution in [0.4, 0.5) is 0 Å². The standard InChI is InChI=1S/C53H33N3/c1-3-17-35(18-4-1)51-54-52(36-19-5-2-6-20-36)56-53(55-51)47-31-30-45(41-24-9-11-26-43(41)47)49-33-37(39-29-15-21-34-16-7-8-22-38(34)39)32-48-44-27-12-10-23-40(44)42-25-13-14-28-46(42)50(48)49/h1-33H. The van der Waals surface area contributed by atoms with Crippen LogP contribution in [0.1, 0.15) is 0 Å². The Morgan fingerprint density at radius 3 is 1.36 bits per heavy atom. The predicted molar refractivity (Wildman–Crippen MR) is 235 cm³/mol. The van der Waals surface area contributed by atoms with Crippen LogP contribution in [-0.2, 0) is 0 Å². The van der Waals surface area contributed by atoms with Gasteiger partial charge in [-0.25, -0.2) is 15.0 Å². The van der Waals surface area contributed by atoms with Crippen molar-refractivity contribution in [3.8, 4) is 56.4 Å². The first-order chi connectivity index (χ1) is 27.8. The van der Waals surface area contributed by atoms with Crippen LogP contribution in [0.5, 0.6) is 0 Å². The van der Waals surface area contributed by atoms with Crippen molar-refractivity contribution in [3.63, 3.8) is 0 Å². The molecule has 0 aliphatic carbocycles. The van der Waals surface area contributed by atoms with Crippen LogP contribution >= 0.6 is 0 Å². The summed E-state index contributed by atoms with van der Waals surface area (Å²) in [4.78, 5) is 15.2. The molecule has 3 nitrogen and oxygen atoms in total. The van der Waals surface area contributed by atoms with E-state index in [1.165, 1.54) is 59.8 Å². The third-order valence-corrected chi connectivity index (χ3v) is 11.1. The summed E-state index contributed by atoms with van der Waals surface area (Å²) in [7, 11) is 0. The molecule has 3 heteroatoms. The maximum absolute atomic E-state index is 5.14. The molecule has 0 amide bonds. The molecule has 11 rings (SSSR count). The lowest BCUT2D eigenvalue weighted by molar-refractivity contribution is 1.08. The van der Waals surface area contributed by atoms with Gasteiger partial charge >= 0.3 is 0 Å². The van der Waals surface area contributed by atoms with Crippen molar-refractivity contribution in [2.24, 2.45) is 0 Å². The fourth-order valence-electron chi connectivity index (χ4n) is 8.54. The lowest BCUT2D eigenvalue weighted by atomic mass is 9.84. The van der Waals surface area contributed by atoms with E-state index in [1.54, 1.807) is 0 Å². The van der Waals surface area contributed by atoms with Gasteiger partial charge in [-0.3, -0.25) is 0 Å². The summed E-state index contributed by atoms with van der Waals surface area (Å²) in [5.74, 6) is 1.94. The molecule has 0 saturated carbocycles. The molecule has 0 radical (unpaired) electrons. The Bertz CT molecular complexity index is 3240. The Hall–Kier alpha value is -7.49. The minimum Gasteiger partial charge on any atom is -0.208 e. The van der Waals surface area contributed by atoms with Crippen molar-refractivity contribution in [2.75, 3.05) is 0 Å². The van der Waals surface area contributed by atoms with Gasteiger partial charge in [-0.2, -0.15) is 0 Å². The van der Waals surface area contributed by atoms with Crippen molar-refractivity contribution in [1.29, 1.82) is 0 Å². The summed E-state index contributed by atoms with van der Waals surface area (Å²) in [6.07, 6.45) is 0. The third-order valence-electron chi connectivity index (χ3n) is 11.1. The topological polar surface area (TPSA) is 38.7 Å². The zero-order valence-corrected chi connectivity index (χ0v) is 30.4. The highest BCUT2D eigenvalue weighted by atomic mass is 15.0. The second-order valence-corrected chi connectivity index (χ2v) is 14.3. The van der Waals surface area contributed by atoms with Gasteiger partial charge < -0.3 is 0 Å². The summed E-state index contributed by atoms with van der Waals surface area (Å²) in [6.45, 7) is 0. The SMILES string of the molecule is c1ccc(-c2nc(-c3ccccc3)nc(-c3ccc(-c4cc(-c5cccc6ccccc56)cc5c6ccccc6c6ccccc6c45)c4ccccc34)n2)cc1. The first-order valence-electron chi connectivity index (χ1n) is 19.0. The molecule has 0 bridgehead atoms. The van der Waals surface area contributed by atoms with Gasteiger partial charge in [0.1, 0.15) is 0 Å². The number of benzene rings is 10. The molecular formula is C53H33N3. The van der Waals surface area contributed by atoms with Crippen molar-refractivity contribution in [1.82, 2.24) is 15.0 Å². The number of rotatable bonds is 5. The molecule has 0 aliphatic heterocycles. The fraction of sp³-hybridized carbons (Fsp3) is 0. The average Bonchev–Trinajstić information content (AvgIpc) is 3.28. The van der Waals surface area contributed by atoms with Gasteiger partial charge in [0, 0.05) is 16.7 Å². The van der Waals surface area contributed by atoms with Crippen LogP contribution in [0, 0.1) is 0 Å². The first-order valence-corrected chi connectivity index (χ1v) is 19.0. The number of hydrogen-bond acceptors (Lipinski definition) is 3. The van der Waals surface area contributed by atoms with Gasteiger partial charge in [-0.05, 0) is 94.3 Å². The molecule has 1 heterocycles. The van der Waals surface area contributed by atoms with Crippen molar-refractivity contribution in [2.45, 2.75) is 0 Å². The zero-order valence-electron chi connectivity index (χ0n) is 30.4. The lowest BCUT2D eigenvalue weighted by Crippen LogP contribution is -2.00. The van der Waals surface area contributed by atoms with Crippen LogP contribution in [0.15, 0.2) is 200 Å². The molecule has 0 unspecified atom stereocenters. The van der Waals surface area contributed by atoms with Crippen LogP contribution in [0.2, 0.25) is 0 Å². The van der Waals surface area contributed by atoms with E-state index in [4.69, 9.17) is 15.0 Å². The number of hydrogen-bond donors (Lipinski definition) is 0.